The summed E-state index contributed by atoms with van der Waals surface area (Å²) in [5, 5.41) is 2.59. The highest BCUT2D eigenvalue weighted by molar-refractivity contribution is 7.90. The summed E-state index contributed by atoms with van der Waals surface area (Å²) < 4.78 is 63.2. The van der Waals surface area contributed by atoms with E-state index in [0.29, 0.717) is 12.8 Å². The minimum Gasteiger partial charge on any atom is -0.325 e. The second kappa shape index (κ2) is 7.61. The highest BCUT2D eigenvalue weighted by Gasteiger charge is 2.39. The first-order valence-corrected chi connectivity index (χ1v) is 11.8. The Labute approximate surface area is 163 Å². The molecule has 1 aliphatic heterocycles. The summed E-state index contributed by atoms with van der Waals surface area (Å²) in [5.41, 5.74) is 0.263. The van der Waals surface area contributed by atoms with Gasteiger partial charge in [-0.1, -0.05) is 6.07 Å². The van der Waals surface area contributed by atoms with E-state index in [1.807, 2.05) is 0 Å². The minimum absolute atomic E-state index is 0.0486. The van der Waals surface area contributed by atoms with Crippen LogP contribution in [0, 0.1) is 5.82 Å². The molecule has 0 spiro atoms. The molecule has 0 aliphatic carbocycles. The molecule has 1 fully saturated rings. The summed E-state index contributed by atoms with van der Waals surface area (Å²) in [6.07, 6.45) is 1.89. The summed E-state index contributed by atoms with van der Waals surface area (Å²) in [4.78, 5) is 12.7. The maximum atomic E-state index is 13.1. The standard InChI is InChI=1S/C18H19FN2O5S2/c1-27(23,24)16-5-2-4-14(12-16)20-18(22)17-6-3-11-21(17)28(25,26)15-9-7-13(19)8-10-15/h2,4-5,7-10,12,17H,3,6,11H2,1H3,(H,20,22)/t17-/m0/s1. The molecule has 0 unspecified atom stereocenters. The lowest BCUT2D eigenvalue weighted by Gasteiger charge is -2.23. The lowest BCUT2D eigenvalue weighted by Crippen LogP contribution is -2.43. The van der Waals surface area contributed by atoms with Crippen LogP contribution in [-0.4, -0.2) is 45.9 Å². The van der Waals surface area contributed by atoms with Gasteiger partial charge in [0.15, 0.2) is 9.84 Å². The number of rotatable bonds is 5. The van der Waals surface area contributed by atoms with E-state index < -0.39 is 37.6 Å². The Morgan fingerprint density at radius 1 is 1.07 bits per heavy atom. The van der Waals surface area contributed by atoms with Crippen molar-refractivity contribution in [3.8, 4) is 0 Å². The van der Waals surface area contributed by atoms with Crippen LogP contribution in [0.1, 0.15) is 12.8 Å². The summed E-state index contributed by atoms with van der Waals surface area (Å²) in [5.74, 6) is -1.10. The van der Waals surface area contributed by atoms with E-state index in [1.54, 1.807) is 0 Å². The molecule has 0 radical (unpaired) electrons. The normalized spacial score (nSPS) is 18.1. The molecule has 0 aromatic heterocycles. The summed E-state index contributed by atoms with van der Waals surface area (Å²) >= 11 is 0. The number of sulfone groups is 1. The van der Waals surface area contributed by atoms with Crippen LogP contribution in [0.5, 0.6) is 0 Å². The number of benzene rings is 2. The van der Waals surface area contributed by atoms with Crippen LogP contribution in [0.4, 0.5) is 10.1 Å². The first-order valence-electron chi connectivity index (χ1n) is 8.47. The molecule has 0 bridgehead atoms. The van der Waals surface area contributed by atoms with E-state index in [2.05, 4.69) is 5.32 Å². The fraction of sp³-hybridized carbons (Fsp3) is 0.278. The molecular formula is C18H19FN2O5S2. The molecule has 0 saturated carbocycles. The zero-order chi connectivity index (χ0) is 20.5. The van der Waals surface area contributed by atoms with Crippen LogP contribution >= 0.6 is 0 Å². The number of carbonyl (C=O) groups is 1. The Kier molecular flexibility index (Phi) is 5.55. The van der Waals surface area contributed by atoms with E-state index in [-0.39, 0.29) is 22.0 Å². The lowest BCUT2D eigenvalue weighted by atomic mass is 10.2. The number of anilines is 1. The topological polar surface area (TPSA) is 101 Å². The highest BCUT2D eigenvalue weighted by Crippen LogP contribution is 2.27. The van der Waals surface area contributed by atoms with Gasteiger partial charge in [-0.05, 0) is 55.3 Å². The molecule has 2 aromatic rings. The summed E-state index contributed by atoms with van der Waals surface area (Å²) in [6.45, 7) is 0.168. The number of nitrogens with one attached hydrogen (secondary N) is 1. The maximum Gasteiger partial charge on any atom is 0.243 e. The predicted molar refractivity (Wildman–Crippen MR) is 101 cm³/mol. The third-order valence-electron chi connectivity index (χ3n) is 4.46. The Bertz CT molecular complexity index is 1100. The Balaban J connectivity index is 1.83. The zero-order valence-electron chi connectivity index (χ0n) is 15.0. The fourth-order valence-electron chi connectivity index (χ4n) is 3.06. The molecule has 1 amide bonds. The molecule has 28 heavy (non-hydrogen) atoms. The lowest BCUT2D eigenvalue weighted by molar-refractivity contribution is -0.119. The van der Waals surface area contributed by atoms with Crippen molar-refractivity contribution in [2.24, 2.45) is 0 Å². The zero-order valence-corrected chi connectivity index (χ0v) is 16.6. The van der Waals surface area contributed by atoms with Gasteiger partial charge in [0.05, 0.1) is 9.79 Å². The smallest absolute Gasteiger partial charge is 0.243 e. The van der Waals surface area contributed by atoms with Crippen LogP contribution < -0.4 is 5.32 Å². The number of hydrogen-bond acceptors (Lipinski definition) is 5. The van der Waals surface area contributed by atoms with Gasteiger partial charge >= 0.3 is 0 Å². The fourth-order valence-corrected chi connectivity index (χ4v) is 5.39. The first-order chi connectivity index (χ1) is 13.1. The molecule has 1 atom stereocenters. The average Bonchev–Trinajstić information content (AvgIpc) is 3.12. The Morgan fingerprint density at radius 3 is 2.39 bits per heavy atom. The molecule has 7 nitrogen and oxygen atoms in total. The van der Waals surface area contributed by atoms with Gasteiger partial charge in [-0.2, -0.15) is 4.31 Å². The molecular weight excluding hydrogens is 407 g/mol. The second-order valence-corrected chi connectivity index (χ2v) is 10.4. The molecule has 2 aromatic carbocycles. The molecule has 1 heterocycles. The number of halogens is 1. The van der Waals surface area contributed by atoms with Crippen molar-refractivity contribution in [2.45, 2.75) is 28.7 Å². The number of amides is 1. The number of hydrogen-bond donors (Lipinski definition) is 1. The second-order valence-electron chi connectivity index (χ2n) is 6.52. The van der Waals surface area contributed by atoms with Gasteiger partial charge in [0.1, 0.15) is 11.9 Å². The summed E-state index contributed by atoms with van der Waals surface area (Å²) in [7, 11) is -7.41. The highest BCUT2D eigenvalue weighted by atomic mass is 32.2. The quantitative estimate of drug-likeness (QED) is 0.788. The van der Waals surface area contributed by atoms with Crippen molar-refractivity contribution in [3.05, 3.63) is 54.3 Å². The Hall–Kier alpha value is -2.30. The third kappa shape index (κ3) is 4.23. The maximum absolute atomic E-state index is 13.1. The van der Waals surface area contributed by atoms with Crippen LogP contribution in [0.2, 0.25) is 0 Å². The van der Waals surface area contributed by atoms with Gasteiger partial charge < -0.3 is 5.32 Å². The van der Waals surface area contributed by atoms with E-state index in [0.717, 1.165) is 34.8 Å². The average molecular weight is 426 g/mol. The molecule has 150 valence electrons. The monoisotopic (exact) mass is 426 g/mol. The van der Waals surface area contributed by atoms with Gasteiger partial charge in [-0.15, -0.1) is 0 Å². The first kappa shape index (κ1) is 20.4. The predicted octanol–water partition coefficient (Wildman–Crippen LogP) is 2.02. The van der Waals surface area contributed by atoms with Crippen LogP contribution in [0.3, 0.4) is 0 Å². The van der Waals surface area contributed by atoms with Crippen LogP contribution in [0.25, 0.3) is 0 Å². The minimum atomic E-state index is -3.96. The van der Waals surface area contributed by atoms with E-state index in [4.69, 9.17) is 0 Å². The molecule has 10 heteroatoms. The van der Waals surface area contributed by atoms with Gasteiger partial charge in [-0.25, -0.2) is 21.2 Å². The number of carbonyl (C=O) groups excluding carboxylic acids is 1. The SMILES string of the molecule is CS(=O)(=O)c1cccc(NC(=O)[C@@H]2CCCN2S(=O)(=O)c2ccc(F)cc2)c1. The van der Waals surface area contributed by atoms with Crippen molar-refractivity contribution in [1.82, 2.24) is 4.31 Å². The van der Waals surface area contributed by atoms with E-state index >= 15 is 0 Å². The van der Waals surface area contributed by atoms with Crippen LogP contribution in [0.15, 0.2) is 58.3 Å². The molecule has 1 N–H and O–H groups in total. The van der Waals surface area contributed by atoms with Crippen molar-refractivity contribution >= 4 is 31.5 Å². The molecule has 3 rings (SSSR count). The van der Waals surface area contributed by atoms with Crippen molar-refractivity contribution in [2.75, 3.05) is 18.1 Å². The van der Waals surface area contributed by atoms with Crippen molar-refractivity contribution in [1.29, 1.82) is 0 Å². The van der Waals surface area contributed by atoms with Crippen molar-refractivity contribution in [3.63, 3.8) is 0 Å². The number of sulfonamides is 1. The van der Waals surface area contributed by atoms with Crippen molar-refractivity contribution < 1.29 is 26.0 Å². The Morgan fingerprint density at radius 2 is 1.75 bits per heavy atom. The summed E-state index contributed by atoms with van der Waals surface area (Å²) in [6, 6.07) is 9.24. The van der Waals surface area contributed by atoms with Gasteiger partial charge in [-0.3, -0.25) is 4.79 Å². The molecule has 1 aliphatic rings. The van der Waals surface area contributed by atoms with Gasteiger partial charge in [0, 0.05) is 18.5 Å². The largest absolute Gasteiger partial charge is 0.325 e. The third-order valence-corrected chi connectivity index (χ3v) is 7.49. The van der Waals surface area contributed by atoms with E-state index in [9.17, 15) is 26.0 Å². The number of nitrogens with zero attached hydrogens (tertiary/aromatic N) is 1. The van der Waals surface area contributed by atoms with Gasteiger partial charge in [0.2, 0.25) is 15.9 Å². The van der Waals surface area contributed by atoms with E-state index in [1.165, 1.54) is 24.3 Å². The van der Waals surface area contributed by atoms with Crippen LogP contribution in [-0.2, 0) is 24.7 Å². The van der Waals surface area contributed by atoms with Gasteiger partial charge in [0.25, 0.3) is 0 Å². The molecule has 1 saturated heterocycles.